The molecule has 19 heavy (non-hydrogen) atoms. The Hall–Kier alpha value is -1.56. The second-order valence-corrected chi connectivity index (χ2v) is 5.39. The SMILES string of the molecule is CC(C)n1ccc(CN2CCCCC2C(N)=NO)n1. The first-order valence-electron chi connectivity index (χ1n) is 6.87. The number of rotatable bonds is 4. The molecule has 6 heteroatoms. The van der Waals surface area contributed by atoms with Gasteiger partial charge in [0.15, 0.2) is 5.84 Å². The summed E-state index contributed by atoms with van der Waals surface area (Å²) in [6.45, 7) is 5.93. The van der Waals surface area contributed by atoms with E-state index in [1.54, 1.807) is 0 Å². The fraction of sp³-hybridized carbons (Fsp3) is 0.692. The fourth-order valence-electron chi connectivity index (χ4n) is 2.54. The van der Waals surface area contributed by atoms with Crippen molar-refractivity contribution in [2.24, 2.45) is 10.9 Å². The number of likely N-dealkylation sites (tertiary alicyclic amines) is 1. The third-order valence-corrected chi connectivity index (χ3v) is 3.63. The molecule has 3 N–H and O–H groups in total. The van der Waals surface area contributed by atoms with Gasteiger partial charge in [0.25, 0.3) is 0 Å². The van der Waals surface area contributed by atoms with E-state index in [1.165, 1.54) is 0 Å². The van der Waals surface area contributed by atoms with Gasteiger partial charge >= 0.3 is 0 Å². The van der Waals surface area contributed by atoms with Crippen molar-refractivity contribution in [3.05, 3.63) is 18.0 Å². The van der Waals surface area contributed by atoms with Crippen molar-refractivity contribution in [3.63, 3.8) is 0 Å². The number of nitrogens with zero attached hydrogens (tertiary/aromatic N) is 4. The van der Waals surface area contributed by atoms with Crippen molar-refractivity contribution in [3.8, 4) is 0 Å². The van der Waals surface area contributed by atoms with E-state index in [4.69, 9.17) is 10.9 Å². The lowest BCUT2D eigenvalue weighted by Gasteiger charge is -2.34. The lowest BCUT2D eigenvalue weighted by atomic mass is 10.0. The summed E-state index contributed by atoms with van der Waals surface area (Å²) in [5.41, 5.74) is 6.81. The van der Waals surface area contributed by atoms with Gasteiger partial charge in [0.2, 0.25) is 0 Å². The standard InChI is InChI=1S/C13H23N5O/c1-10(2)18-8-6-11(15-18)9-17-7-4-3-5-12(17)13(14)16-19/h6,8,10,12,19H,3-5,7,9H2,1-2H3,(H2,14,16). The molecule has 2 rings (SSSR count). The summed E-state index contributed by atoms with van der Waals surface area (Å²) in [4.78, 5) is 2.24. The molecule has 0 aliphatic carbocycles. The van der Waals surface area contributed by atoms with Gasteiger partial charge in [0, 0.05) is 18.8 Å². The molecule has 6 nitrogen and oxygen atoms in total. The average Bonchev–Trinajstić information content (AvgIpc) is 2.87. The Morgan fingerprint density at radius 1 is 1.58 bits per heavy atom. The quantitative estimate of drug-likeness (QED) is 0.375. The van der Waals surface area contributed by atoms with Crippen LogP contribution in [0.15, 0.2) is 17.4 Å². The molecule has 0 saturated carbocycles. The van der Waals surface area contributed by atoms with E-state index in [0.717, 1.165) is 38.0 Å². The Balaban J connectivity index is 2.06. The predicted molar refractivity (Wildman–Crippen MR) is 74.1 cm³/mol. The number of nitrogens with two attached hydrogens (primary N) is 1. The highest BCUT2D eigenvalue weighted by atomic mass is 16.4. The second-order valence-electron chi connectivity index (χ2n) is 5.39. The highest BCUT2D eigenvalue weighted by Crippen LogP contribution is 2.19. The molecule has 0 radical (unpaired) electrons. The summed E-state index contributed by atoms with van der Waals surface area (Å²) in [6.07, 6.45) is 5.22. The van der Waals surface area contributed by atoms with Crippen LogP contribution in [0.4, 0.5) is 0 Å². The summed E-state index contributed by atoms with van der Waals surface area (Å²) in [5, 5.41) is 16.6. The van der Waals surface area contributed by atoms with Crippen LogP contribution in [0.2, 0.25) is 0 Å². The summed E-state index contributed by atoms with van der Waals surface area (Å²) >= 11 is 0. The molecule has 106 valence electrons. The number of hydrogen-bond donors (Lipinski definition) is 2. The van der Waals surface area contributed by atoms with E-state index in [1.807, 2.05) is 16.9 Å². The maximum absolute atomic E-state index is 8.86. The Morgan fingerprint density at radius 2 is 2.37 bits per heavy atom. The maximum atomic E-state index is 8.86. The van der Waals surface area contributed by atoms with Crippen molar-refractivity contribution in [2.75, 3.05) is 6.54 Å². The van der Waals surface area contributed by atoms with Crippen molar-refractivity contribution >= 4 is 5.84 Å². The molecule has 1 saturated heterocycles. The van der Waals surface area contributed by atoms with Gasteiger partial charge in [-0.25, -0.2) is 0 Å². The normalized spacial score (nSPS) is 22.1. The Morgan fingerprint density at radius 3 is 3.00 bits per heavy atom. The molecule has 1 fully saturated rings. The van der Waals surface area contributed by atoms with Gasteiger partial charge in [-0.3, -0.25) is 9.58 Å². The second kappa shape index (κ2) is 6.06. The smallest absolute Gasteiger partial charge is 0.156 e. The first-order valence-corrected chi connectivity index (χ1v) is 6.87. The van der Waals surface area contributed by atoms with Crippen LogP contribution in [0, 0.1) is 0 Å². The molecule has 1 aromatic heterocycles. The number of amidine groups is 1. The first kappa shape index (κ1) is 13.9. The molecule has 1 unspecified atom stereocenters. The van der Waals surface area contributed by atoms with Crippen LogP contribution in [-0.4, -0.2) is 38.3 Å². The van der Waals surface area contributed by atoms with Crippen LogP contribution < -0.4 is 5.73 Å². The summed E-state index contributed by atoms with van der Waals surface area (Å²) < 4.78 is 1.96. The molecule has 1 aromatic rings. The van der Waals surface area contributed by atoms with Gasteiger partial charge in [-0.15, -0.1) is 0 Å². The Kier molecular flexibility index (Phi) is 4.42. The van der Waals surface area contributed by atoms with Gasteiger partial charge < -0.3 is 10.9 Å². The fourth-order valence-corrected chi connectivity index (χ4v) is 2.54. The highest BCUT2D eigenvalue weighted by molar-refractivity contribution is 5.85. The molecule has 0 amide bonds. The van der Waals surface area contributed by atoms with Crippen LogP contribution in [-0.2, 0) is 6.54 Å². The molecular weight excluding hydrogens is 242 g/mol. The molecule has 0 bridgehead atoms. The first-order chi connectivity index (χ1) is 9.11. The lowest BCUT2D eigenvalue weighted by molar-refractivity contribution is 0.175. The van der Waals surface area contributed by atoms with Crippen LogP contribution in [0.5, 0.6) is 0 Å². The van der Waals surface area contributed by atoms with E-state index in [0.29, 0.717) is 11.9 Å². The van der Waals surface area contributed by atoms with E-state index in [9.17, 15) is 0 Å². The largest absolute Gasteiger partial charge is 0.409 e. The monoisotopic (exact) mass is 265 g/mol. The van der Waals surface area contributed by atoms with E-state index < -0.39 is 0 Å². The van der Waals surface area contributed by atoms with Crippen LogP contribution in [0.3, 0.4) is 0 Å². The molecular formula is C13H23N5O. The Bertz CT molecular complexity index is 440. The number of oxime groups is 1. The third kappa shape index (κ3) is 3.26. The number of aromatic nitrogens is 2. The summed E-state index contributed by atoms with van der Waals surface area (Å²) in [5.74, 6) is 0.308. The van der Waals surface area contributed by atoms with Crippen molar-refractivity contribution in [1.29, 1.82) is 0 Å². The average molecular weight is 265 g/mol. The van der Waals surface area contributed by atoms with Gasteiger partial charge in [0.05, 0.1) is 11.7 Å². The number of piperidine rings is 1. The molecule has 1 aliphatic rings. The van der Waals surface area contributed by atoms with Crippen LogP contribution in [0.25, 0.3) is 0 Å². The van der Waals surface area contributed by atoms with Crippen molar-refractivity contribution in [1.82, 2.24) is 14.7 Å². The van der Waals surface area contributed by atoms with Crippen molar-refractivity contribution < 1.29 is 5.21 Å². The highest BCUT2D eigenvalue weighted by Gasteiger charge is 2.26. The van der Waals surface area contributed by atoms with Crippen LogP contribution >= 0.6 is 0 Å². The van der Waals surface area contributed by atoms with Crippen molar-refractivity contribution in [2.45, 2.75) is 51.7 Å². The zero-order chi connectivity index (χ0) is 13.8. The topological polar surface area (TPSA) is 79.7 Å². The summed E-state index contributed by atoms with van der Waals surface area (Å²) in [6, 6.07) is 2.44. The zero-order valence-electron chi connectivity index (χ0n) is 11.7. The molecule has 1 aliphatic heterocycles. The third-order valence-electron chi connectivity index (χ3n) is 3.63. The zero-order valence-corrected chi connectivity index (χ0v) is 11.7. The maximum Gasteiger partial charge on any atom is 0.156 e. The van der Waals surface area contributed by atoms with E-state index in [2.05, 4.69) is 29.0 Å². The minimum Gasteiger partial charge on any atom is -0.409 e. The Labute approximate surface area is 113 Å². The van der Waals surface area contributed by atoms with Gasteiger partial charge in [-0.2, -0.15) is 5.10 Å². The molecule has 0 aromatic carbocycles. The predicted octanol–water partition coefficient (Wildman–Crippen LogP) is 1.56. The van der Waals surface area contributed by atoms with E-state index >= 15 is 0 Å². The molecule has 2 heterocycles. The minimum atomic E-state index is 0.0305. The van der Waals surface area contributed by atoms with Gasteiger partial charge in [0.1, 0.15) is 0 Å². The van der Waals surface area contributed by atoms with E-state index in [-0.39, 0.29) is 6.04 Å². The van der Waals surface area contributed by atoms with Gasteiger partial charge in [-0.1, -0.05) is 11.6 Å². The molecule has 1 atom stereocenters. The molecule has 0 spiro atoms. The minimum absolute atomic E-state index is 0.0305. The number of hydrogen-bond acceptors (Lipinski definition) is 4. The lowest BCUT2D eigenvalue weighted by Crippen LogP contribution is -2.47. The summed E-state index contributed by atoms with van der Waals surface area (Å²) in [7, 11) is 0. The van der Waals surface area contributed by atoms with Gasteiger partial charge in [-0.05, 0) is 39.3 Å². The van der Waals surface area contributed by atoms with Crippen LogP contribution in [0.1, 0.15) is 44.8 Å².